The zero-order valence-electron chi connectivity index (χ0n) is 12.2. The van der Waals surface area contributed by atoms with Crippen LogP contribution in [0.2, 0.25) is 0 Å². The zero-order valence-corrected chi connectivity index (χ0v) is 12.2. The molecule has 0 amide bonds. The smallest absolute Gasteiger partial charge is 0.0577 e. The van der Waals surface area contributed by atoms with Gasteiger partial charge in [0.05, 0.1) is 6.10 Å². The third-order valence-corrected chi connectivity index (χ3v) is 3.56. The molecule has 1 saturated heterocycles. The molecule has 1 saturated carbocycles. The van der Waals surface area contributed by atoms with Gasteiger partial charge in [-0.3, -0.25) is 0 Å². The van der Waals surface area contributed by atoms with E-state index in [-0.39, 0.29) is 0 Å². The first-order chi connectivity index (χ1) is 7.78. The fraction of sp³-hybridized carbons (Fsp3) is 1.00. The van der Waals surface area contributed by atoms with Gasteiger partial charge in [0.15, 0.2) is 0 Å². The predicted molar refractivity (Wildman–Crippen MR) is 71.9 cm³/mol. The number of hydrogen-bond acceptors (Lipinski definition) is 2. The van der Waals surface area contributed by atoms with Gasteiger partial charge in [0.2, 0.25) is 0 Å². The third kappa shape index (κ3) is 3.74. The molecule has 1 unspecified atom stereocenters. The summed E-state index contributed by atoms with van der Waals surface area (Å²) in [5.41, 5.74) is 0.663. The minimum atomic E-state index is 0.559. The number of nitrogens with zero attached hydrogens (tertiary/aromatic N) is 1. The van der Waals surface area contributed by atoms with Crippen LogP contribution in [-0.4, -0.2) is 37.7 Å². The molecule has 1 spiro atoms. The Morgan fingerprint density at radius 1 is 1.19 bits per heavy atom. The van der Waals surface area contributed by atoms with E-state index in [4.69, 9.17) is 4.74 Å². The van der Waals surface area contributed by atoms with Crippen LogP contribution in [-0.2, 0) is 4.74 Å². The SMILES string of the molecule is CC.CC.CCN1CC2(CCC(OC)C2)C1. The van der Waals surface area contributed by atoms with Gasteiger partial charge in [0.25, 0.3) is 0 Å². The van der Waals surface area contributed by atoms with Crippen LogP contribution in [0.3, 0.4) is 0 Å². The summed E-state index contributed by atoms with van der Waals surface area (Å²) in [6.45, 7) is 14.1. The molecule has 1 atom stereocenters. The quantitative estimate of drug-likeness (QED) is 0.718. The third-order valence-electron chi connectivity index (χ3n) is 3.56. The van der Waals surface area contributed by atoms with E-state index in [0.717, 1.165) is 0 Å². The lowest BCUT2D eigenvalue weighted by Gasteiger charge is -2.48. The van der Waals surface area contributed by atoms with Crippen LogP contribution >= 0.6 is 0 Å². The van der Waals surface area contributed by atoms with Gasteiger partial charge in [0.1, 0.15) is 0 Å². The molecule has 1 aliphatic carbocycles. The molecule has 2 rings (SSSR count). The highest BCUT2D eigenvalue weighted by Crippen LogP contribution is 2.46. The maximum atomic E-state index is 5.39. The summed E-state index contributed by atoms with van der Waals surface area (Å²) in [7, 11) is 1.85. The molecule has 0 aromatic carbocycles. The van der Waals surface area contributed by atoms with Gasteiger partial charge in [-0.25, -0.2) is 0 Å². The molecular formula is C14H31NO. The van der Waals surface area contributed by atoms with Crippen molar-refractivity contribution in [3.8, 4) is 0 Å². The minimum absolute atomic E-state index is 0.559. The molecule has 2 aliphatic rings. The zero-order chi connectivity index (χ0) is 12.6. The van der Waals surface area contributed by atoms with Crippen LogP contribution in [0.1, 0.15) is 53.9 Å². The lowest BCUT2D eigenvalue weighted by molar-refractivity contribution is -0.00510. The highest BCUT2D eigenvalue weighted by molar-refractivity contribution is 5.00. The van der Waals surface area contributed by atoms with E-state index in [1.54, 1.807) is 0 Å². The molecule has 2 heteroatoms. The Bertz CT molecular complexity index is 164. The summed E-state index contributed by atoms with van der Waals surface area (Å²) in [6.07, 6.45) is 4.54. The van der Waals surface area contributed by atoms with E-state index in [1.165, 1.54) is 38.9 Å². The Morgan fingerprint density at radius 3 is 2.12 bits per heavy atom. The Labute approximate surface area is 102 Å². The molecule has 2 nitrogen and oxygen atoms in total. The maximum Gasteiger partial charge on any atom is 0.0577 e. The largest absolute Gasteiger partial charge is 0.381 e. The highest BCUT2D eigenvalue weighted by atomic mass is 16.5. The summed E-state index contributed by atoms with van der Waals surface area (Å²) in [4.78, 5) is 2.53. The van der Waals surface area contributed by atoms with Gasteiger partial charge < -0.3 is 9.64 Å². The fourth-order valence-corrected chi connectivity index (χ4v) is 2.77. The van der Waals surface area contributed by atoms with Crippen LogP contribution in [0.5, 0.6) is 0 Å². The summed E-state index contributed by atoms with van der Waals surface area (Å²) in [5.74, 6) is 0. The van der Waals surface area contributed by atoms with E-state index in [0.29, 0.717) is 11.5 Å². The van der Waals surface area contributed by atoms with Crippen LogP contribution in [0, 0.1) is 5.41 Å². The molecule has 0 radical (unpaired) electrons. The van der Waals surface area contributed by atoms with E-state index in [9.17, 15) is 0 Å². The average molecular weight is 229 g/mol. The van der Waals surface area contributed by atoms with Crippen LogP contribution in [0.25, 0.3) is 0 Å². The molecule has 98 valence electrons. The first-order valence-electron chi connectivity index (χ1n) is 7.03. The Balaban J connectivity index is 0.000000509. The Kier molecular flexibility index (Phi) is 8.04. The van der Waals surface area contributed by atoms with E-state index in [1.807, 2.05) is 34.8 Å². The van der Waals surface area contributed by atoms with E-state index >= 15 is 0 Å². The van der Waals surface area contributed by atoms with Crippen molar-refractivity contribution in [2.75, 3.05) is 26.7 Å². The predicted octanol–water partition coefficient (Wildman–Crippen LogP) is 3.56. The average Bonchev–Trinajstić information content (AvgIpc) is 2.76. The lowest BCUT2D eigenvalue weighted by atomic mass is 9.78. The van der Waals surface area contributed by atoms with E-state index < -0.39 is 0 Å². The second-order valence-electron chi connectivity index (χ2n) is 4.40. The number of likely N-dealkylation sites (tertiary alicyclic amines) is 1. The van der Waals surface area contributed by atoms with Crippen LogP contribution in [0.15, 0.2) is 0 Å². The van der Waals surface area contributed by atoms with Crippen molar-refractivity contribution >= 4 is 0 Å². The van der Waals surface area contributed by atoms with Crippen molar-refractivity contribution in [3.05, 3.63) is 0 Å². The van der Waals surface area contributed by atoms with Crippen molar-refractivity contribution in [3.63, 3.8) is 0 Å². The number of ether oxygens (including phenoxy) is 1. The number of methoxy groups -OCH3 is 1. The van der Waals surface area contributed by atoms with Crippen molar-refractivity contribution < 1.29 is 4.74 Å². The van der Waals surface area contributed by atoms with Gasteiger partial charge in [-0.15, -0.1) is 0 Å². The molecular weight excluding hydrogens is 198 g/mol. The standard InChI is InChI=1S/C10H19NO.2C2H6/c1-3-11-7-10(8-11)5-4-9(6-10)12-2;2*1-2/h9H,3-8H2,1-2H3;2*1-2H3. The lowest BCUT2D eigenvalue weighted by Crippen LogP contribution is -2.54. The van der Waals surface area contributed by atoms with Crippen molar-refractivity contribution in [2.24, 2.45) is 5.41 Å². The maximum absolute atomic E-state index is 5.39. The minimum Gasteiger partial charge on any atom is -0.381 e. The number of rotatable bonds is 2. The van der Waals surface area contributed by atoms with Crippen molar-refractivity contribution in [1.82, 2.24) is 4.90 Å². The summed E-state index contributed by atoms with van der Waals surface area (Å²) < 4.78 is 5.39. The molecule has 0 aromatic heterocycles. The summed E-state index contributed by atoms with van der Waals surface area (Å²) in [6, 6.07) is 0. The first-order valence-corrected chi connectivity index (χ1v) is 7.03. The molecule has 0 N–H and O–H groups in total. The Morgan fingerprint density at radius 2 is 1.75 bits per heavy atom. The fourth-order valence-electron chi connectivity index (χ4n) is 2.77. The van der Waals surface area contributed by atoms with Crippen LogP contribution < -0.4 is 0 Å². The van der Waals surface area contributed by atoms with Gasteiger partial charge in [-0.1, -0.05) is 34.6 Å². The molecule has 1 heterocycles. The monoisotopic (exact) mass is 229 g/mol. The molecule has 0 aromatic rings. The highest BCUT2D eigenvalue weighted by Gasteiger charge is 2.47. The van der Waals surface area contributed by atoms with Crippen LogP contribution in [0.4, 0.5) is 0 Å². The summed E-state index contributed by atoms with van der Waals surface area (Å²) in [5, 5.41) is 0. The normalized spacial score (nSPS) is 26.2. The molecule has 2 fully saturated rings. The topological polar surface area (TPSA) is 12.5 Å². The van der Waals surface area contributed by atoms with Crippen molar-refractivity contribution in [2.45, 2.75) is 60.0 Å². The molecule has 16 heavy (non-hydrogen) atoms. The second-order valence-corrected chi connectivity index (χ2v) is 4.40. The molecule has 0 bridgehead atoms. The van der Waals surface area contributed by atoms with Gasteiger partial charge in [-0.2, -0.15) is 0 Å². The van der Waals surface area contributed by atoms with Crippen molar-refractivity contribution in [1.29, 1.82) is 0 Å². The number of hydrogen-bond donors (Lipinski definition) is 0. The van der Waals surface area contributed by atoms with E-state index in [2.05, 4.69) is 11.8 Å². The Hall–Kier alpha value is -0.0800. The van der Waals surface area contributed by atoms with Gasteiger partial charge >= 0.3 is 0 Å². The molecule has 1 aliphatic heterocycles. The second kappa shape index (κ2) is 8.08. The summed E-state index contributed by atoms with van der Waals surface area (Å²) >= 11 is 0. The first kappa shape index (κ1) is 15.9. The van der Waals surface area contributed by atoms with Gasteiger partial charge in [0, 0.05) is 20.2 Å². The van der Waals surface area contributed by atoms with Gasteiger partial charge in [-0.05, 0) is 31.2 Å².